The summed E-state index contributed by atoms with van der Waals surface area (Å²) in [4.78, 5) is 8.20. The molecular weight excluding hydrogens is 296 g/mol. The number of aliphatic hydroxyl groups is 1. The van der Waals surface area contributed by atoms with Gasteiger partial charge >= 0.3 is 10.3 Å². The molecule has 2 aromatic rings. The van der Waals surface area contributed by atoms with Crippen molar-refractivity contribution in [2.24, 2.45) is 5.92 Å². The molecule has 1 aliphatic carbocycles. The predicted octanol–water partition coefficient (Wildman–Crippen LogP) is 0.136. The average Bonchev–Trinajstić information content (AvgIpc) is 2.99. The van der Waals surface area contributed by atoms with Gasteiger partial charge in [0.1, 0.15) is 12.0 Å². The zero-order valence-electron chi connectivity index (χ0n) is 11.1. The van der Waals surface area contributed by atoms with Crippen LogP contribution in [0.2, 0.25) is 0 Å². The molecular formula is C12H16N4O4S. The highest BCUT2D eigenvalue weighted by molar-refractivity contribution is 7.83. The highest BCUT2D eigenvalue weighted by Gasteiger charge is 2.34. The van der Waals surface area contributed by atoms with Gasteiger partial charge in [-0.1, -0.05) is 0 Å². The van der Waals surface area contributed by atoms with Crippen molar-refractivity contribution in [1.82, 2.24) is 19.3 Å². The Morgan fingerprint density at radius 2 is 2.24 bits per heavy atom. The van der Waals surface area contributed by atoms with Gasteiger partial charge in [-0.3, -0.25) is 4.55 Å². The third kappa shape index (κ3) is 3.05. The first kappa shape index (κ1) is 14.4. The van der Waals surface area contributed by atoms with Crippen molar-refractivity contribution in [3.8, 4) is 0 Å². The van der Waals surface area contributed by atoms with Gasteiger partial charge in [-0.05, 0) is 18.9 Å². The van der Waals surface area contributed by atoms with E-state index in [1.165, 1.54) is 6.33 Å². The van der Waals surface area contributed by atoms with Crippen LogP contribution >= 0.6 is 0 Å². The summed E-state index contributed by atoms with van der Waals surface area (Å²) in [5.41, 5.74) is 0.797. The van der Waals surface area contributed by atoms with E-state index in [9.17, 15) is 13.5 Å². The fourth-order valence-corrected chi connectivity index (χ4v) is 3.35. The molecule has 3 rings (SSSR count). The number of hydrogen-bond acceptors (Lipinski definition) is 5. The smallest absolute Gasteiger partial charge is 0.333 e. The van der Waals surface area contributed by atoms with Crippen molar-refractivity contribution >= 4 is 21.3 Å². The number of rotatable bonds is 4. The van der Waals surface area contributed by atoms with E-state index >= 15 is 0 Å². The fourth-order valence-electron chi connectivity index (χ4n) is 2.93. The summed E-state index contributed by atoms with van der Waals surface area (Å²) in [7, 11) is -4.23. The van der Waals surface area contributed by atoms with Crippen LogP contribution in [-0.4, -0.2) is 45.3 Å². The third-order valence-electron chi connectivity index (χ3n) is 3.93. The lowest BCUT2D eigenvalue weighted by atomic mass is 10.1. The molecule has 114 valence electrons. The zero-order chi connectivity index (χ0) is 15.0. The molecule has 2 heterocycles. The highest BCUT2D eigenvalue weighted by Crippen LogP contribution is 2.36. The topological polar surface area (TPSA) is 117 Å². The van der Waals surface area contributed by atoms with Crippen LogP contribution in [0, 0.1) is 5.92 Å². The van der Waals surface area contributed by atoms with Crippen LogP contribution in [0.1, 0.15) is 18.9 Å². The van der Waals surface area contributed by atoms with Gasteiger partial charge in [0, 0.05) is 36.3 Å². The summed E-state index contributed by atoms with van der Waals surface area (Å²) in [6.45, 7) is 0.0185. The minimum atomic E-state index is -4.23. The summed E-state index contributed by atoms with van der Waals surface area (Å²) in [6, 6.07) is 1.95. The third-order valence-corrected chi connectivity index (χ3v) is 4.46. The molecule has 21 heavy (non-hydrogen) atoms. The minimum absolute atomic E-state index is 0.0185. The first-order chi connectivity index (χ1) is 9.94. The van der Waals surface area contributed by atoms with Gasteiger partial charge < -0.3 is 9.67 Å². The Kier molecular flexibility index (Phi) is 3.66. The summed E-state index contributed by atoms with van der Waals surface area (Å²) >= 11 is 0. The van der Waals surface area contributed by atoms with E-state index in [1.54, 1.807) is 6.20 Å². The lowest BCUT2D eigenvalue weighted by Crippen LogP contribution is -2.31. The molecule has 0 saturated heterocycles. The molecule has 0 aromatic carbocycles. The van der Waals surface area contributed by atoms with Gasteiger partial charge in [0.15, 0.2) is 0 Å². The van der Waals surface area contributed by atoms with E-state index in [-0.39, 0.29) is 18.5 Å². The normalized spacial score (nSPS) is 26.5. The van der Waals surface area contributed by atoms with Crippen molar-refractivity contribution in [2.75, 3.05) is 6.54 Å². The molecule has 3 atom stereocenters. The van der Waals surface area contributed by atoms with Gasteiger partial charge in [0.05, 0.1) is 6.10 Å². The fraction of sp³-hybridized carbons (Fsp3) is 0.500. The molecule has 0 amide bonds. The monoisotopic (exact) mass is 312 g/mol. The highest BCUT2D eigenvalue weighted by atomic mass is 32.2. The van der Waals surface area contributed by atoms with Crippen molar-refractivity contribution < 1.29 is 18.1 Å². The Bertz CT molecular complexity index is 745. The van der Waals surface area contributed by atoms with Crippen LogP contribution in [0.25, 0.3) is 11.0 Å². The standard InChI is InChI=1S/C12H16N4O4S/c17-11-4-10(3-9(11)6-15-21(18,19)20)16-2-1-8-5-13-7-14-12(8)16/h1-2,5,7,9-11,15,17H,3-4,6H2,(H,18,19,20)/t9-,10+,11-/m0/s1. The first-order valence-corrected chi connectivity index (χ1v) is 8.05. The maximum atomic E-state index is 10.7. The second kappa shape index (κ2) is 5.34. The van der Waals surface area contributed by atoms with Gasteiger partial charge in [0.2, 0.25) is 0 Å². The lowest BCUT2D eigenvalue weighted by molar-refractivity contribution is 0.133. The number of fused-ring (bicyclic) bond motifs is 1. The largest absolute Gasteiger partial charge is 0.393 e. The van der Waals surface area contributed by atoms with Crippen LogP contribution in [0.4, 0.5) is 0 Å². The lowest BCUT2D eigenvalue weighted by Gasteiger charge is -2.14. The van der Waals surface area contributed by atoms with Crippen molar-refractivity contribution in [3.05, 3.63) is 24.8 Å². The Morgan fingerprint density at radius 1 is 1.43 bits per heavy atom. The first-order valence-electron chi connectivity index (χ1n) is 6.61. The Hall–Kier alpha value is -1.55. The molecule has 0 radical (unpaired) electrons. The van der Waals surface area contributed by atoms with Crippen LogP contribution < -0.4 is 4.72 Å². The van der Waals surface area contributed by atoms with E-state index < -0.39 is 16.4 Å². The number of nitrogens with zero attached hydrogens (tertiary/aromatic N) is 3. The summed E-state index contributed by atoms with van der Waals surface area (Å²) < 4.78 is 34.2. The summed E-state index contributed by atoms with van der Waals surface area (Å²) in [5, 5.41) is 11.0. The number of nitrogens with one attached hydrogen (secondary N) is 1. The zero-order valence-corrected chi connectivity index (χ0v) is 11.9. The molecule has 3 N–H and O–H groups in total. The summed E-state index contributed by atoms with van der Waals surface area (Å²) in [6.07, 6.45) is 5.60. The second-order valence-electron chi connectivity index (χ2n) is 5.30. The van der Waals surface area contributed by atoms with Gasteiger partial charge in [0.25, 0.3) is 0 Å². The van der Waals surface area contributed by atoms with Crippen molar-refractivity contribution in [2.45, 2.75) is 25.0 Å². The maximum Gasteiger partial charge on any atom is 0.333 e. The molecule has 2 aromatic heterocycles. The van der Waals surface area contributed by atoms with E-state index in [2.05, 4.69) is 9.97 Å². The Balaban J connectivity index is 1.76. The van der Waals surface area contributed by atoms with Crippen LogP contribution in [0.3, 0.4) is 0 Å². The molecule has 0 bridgehead atoms. The van der Waals surface area contributed by atoms with Crippen LogP contribution in [0.15, 0.2) is 24.8 Å². The van der Waals surface area contributed by atoms with Crippen molar-refractivity contribution in [3.63, 3.8) is 0 Å². The molecule has 9 heteroatoms. The number of aliphatic hydroxyl groups excluding tert-OH is 1. The molecule has 1 saturated carbocycles. The predicted molar refractivity (Wildman–Crippen MR) is 74.8 cm³/mol. The molecule has 1 aliphatic rings. The van der Waals surface area contributed by atoms with E-state index in [1.807, 2.05) is 21.6 Å². The SMILES string of the molecule is O=S(=O)(O)NC[C@@H]1C[C@@H](n2ccc3cncnc32)C[C@@H]1O. The quantitative estimate of drug-likeness (QED) is 0.691. The van der Waals surface area contributed by atoms with Crippen LogP contribution in [-0.2, 0) is 10.3 Å². The van der Waals surface area contributed by atoms with Crippen LogP contribution in [0.5, 0.6) is 0 Å². The molecule has 8 nitrogen and oxygen atoms in total. The van der Waals surface area contributed by atoms with Gasteiger partial charge in [-0.15, -0.1) is 0 Å². The Labute approximate surface area is 121 Å². The molecule has 0 aliphatic heterocycles. The van der Waals surface area contributed by atoms with Crippen molar-refractivity contribution in [1.29, 1.82) is 0 Å². The van der Waals surface area contributed by atoms with E-state index in [0.717, 1.165) is 11.0 Å². The molecule has 0 unspecified atom stereocenters. The van der Waals surface area contributed by atoms with E-state index in [4.69, 9.17) is 4.55 Å². The molecule has 1 fully saturated rings. The Morgan fingerprint density at radius 3 is 3.00 bits per heavy atom. The summed E-state index contributed by atoms with van der Waals surface area (Å²) in [5.74, 6) is -0.240. The van der Waals surface area contributed by atoms with Gasteiger partial charge in [-0.25, -0.2) is 9.97 Å². The van der Waals surface area contributed by atoms with Gasteiger partial charge in [-0.2, -0.15) is 13.1 Å². The second-order valence-corrected chi connectivity index (χ2v) is 6.54. The number of hydrogen-bond donors (Lipinski definition) is 3. The molecule has 0 spiro atoms. The van der Waals surface area contributed by atoms with E-state index in [0.29, 0.717) is 12.8 Å². The minimum Gasteiger partial charge on any atom is -0.393 e. The maximum absolute atomic E-state index is 10.7. The average molecular weight is 312 g/mol. The number of aromatic nitrogens is 3.